The van der Waals surface area contributed by atoms with Gasteiger partial charge in [-0.25, -0.2) is 10.2 Å². The molecule has 0 aliphatic heterocycles. The van der Waals surface area contributed by atoms with Crippen LogP contribution in [0.1, 0.15) is 0 Å². The van der Waals surface area contributed by atoms with Crippen LogP contribution in [0.2, 0.25) is 5.15 Å². The number of aromatic nitrogens is 2. The molecule has 0 amide bonds. The zero-order valence-corrected chi connectivity index (χ0v) is 7.72. The standard InChI is InChI=1S/C8H6ClFN4/c9-7-6-3-4(10)1-2-5(6)8(12-11)14-13-7/h1-3H,11H2,(H,12,14). The van der Waals surface area contributed by atoms with Crippen LogP contribution in [-0.2, 0) is 0 Å². The minimum absolute atomic E-state index is 0.151. The maximum Gasteiger partial charge on any atom is 0.170 e. The molecule has 0 bridgehead atoms. The first-order chi connectivity index (χ1) is 6.72. The number of halogens is 2. The van der Waals surface area contributed by atoms with Crippen LogP contribution in [0.25, 0.3) is 10.8 Å². The van der Waals surface area contributed by atoms with Gasteiger partial charge >= 0.3 is 0 Å². The van der Waals surface area contributed by atoms with Crippen molar-refractivity contribution in [2.45, 2.75) is 0 Å². The summed E-state index contributed by atoms with van der Waals surface area (Å²) in [6, 6.07) is 4.13. The van der Waals surface area contributed by atoms with Crippen LogP contribution in [0.5, 0.6) is 0 Å². The highest BCUT2D eigenvalue weighted by Crippen LogP contribution is 2.25. The van der Waals surface area contributed by atoms with E-state index in [2.05, 4.69) is 15.6 Å². The Morgan fingerprint density at radius 2 is 2.07 bits per heavy atom. The lowest BCUT2D eigenvalue weighted by atomic mass is 10.2. The minimum Gasteiger partial charge on any atom is -0.306 e. The summed E-state index contributed by atoms with van der Waals surface area (Å²) < 4.78 is 12.9. The second-order valence-corrected chi connectivity index (χ2v) is 3.03. The van der Waals surface area contributed by atoms with Crippen LogP contribution in [0.4, 0.5) is 10.2 Å². The predicted octanol–water partition coefficient (Wildman–Crippen LogP) is 1.71. The van der Waals surface area contributed by atoms with E-state index in [1.807, 2.05) is 0 Å². The lowest BCUT2D eigenvalue weighted by molar-refractivity contribution is 0.629. The second kappa shape index (κ2) is 3.36. The van der Waals surface area contributed by atoms with Gasteiger partial charge in [-0.1, -0.05) is 11.6 Å². The monoisotopic (exact) mass is 212 g/mol. The van der Waals surface area contributed by atoms with Crippen molar-refractivity contribution in [3.63, 3.8) is 0 Å². The number of nitrogens with two attached hydrogens (primary N) is 1. The zero-order valence-electron chi connectivity index (χ0n) is 6.96. The highest BCUT2D eigenvalue weighted by Gasteiger charge is 2.07. The highest BCUT2D eigenvalue weighted by atomic mass is 35.5. The number of nitrogens with one attached hydrogen (secondary N) is 1. The summed E-state index contributed by atoms with van der Waals surface area (Å²) in [4.78, 5) is 0. The minimum atomic E-state index is -0.379. The summed E-state index contributed by atoms with van der Waals surface area (Å²) in [5.74, 6) is 5.20. The first-order valence-electron chi connectivity index (χ1n) is 3.80. The topological polar surface area (TPSA) is 63.8 Å². The number of fused-ring (bicyclic) bond motifs is 1. The van der Waals surface area contributed by atoms with E-state index in [0.717, 1.165) is 0 Å². The van der Waals surface area contributed by atoms with E-state index in [9.17, 15) is 4.39 Å². The third kappa shape index (κ3) is 1.36. The number of nitrogens with zero attached hydrogens (tertiary/aromatic N) is 2. The molecule has 0 aliphatic carbocycles. The van der Waals surface area contributed by atoms with Crippen molar-refractivity contribution in [3.05, 3.63) is 29.2 Å². The average molecular weight is 213 g/mol. The van der Waals surface area contributed by atoms with Gasteiger partial charge in [-0.2, -0.15) is 0 Å². The van der Waals surface area contributed by atoms with E-state index in [1.54, 1.807) is 6.07 Å². The third-order valence-electron chi connectivity index (χ3n) is 1.83. The fourth-order valence-electron chi connectivity index (χ4n) is 1.20. The highest BCUT2D eigenvalue weighted by molar-refractivity contribution is 6.34. The number of rotatable bonds is 1. The fraction of sp³-hybridized carbons (Fsp3) is 0. The van der Waals surface area contributed by atoms with Gasteiger partial charge in [0.15, 0.2) is 11.0 Å². The molecule has 6 heteroatoms. The van der Waals surface area contributed by atoms with Crippen LogP contribution >= 0.6 is 11.6 Å². The quantitative estimate of drug-likeness (QED) is 0.558. The molecule has 3 N–H and O–H groups in total. The molecule has 2 aromatic rings. The Kier molecular flexibility index (Phi) is 2.18. The molecule has 0 radical (unpaired) electrons. The molecule has 0 aliphatic rings. The Hall–Kier alpha value is -1.46. The fourth-order valence-corrected chi connectivity index (χ4v) is 1.40. The maximum absolute atomic E-state index is 12.9. The molecule has 0 saturated heterocycles. The largest absolute Gasteiger partial charge is 0.306 e. The molecule has 1 heterocycles. The molecule has 0 saturated carbocycles. The van der Waals surface area contributed by atoms with E-state index in [-0.39, 0.29) is 11.0 Å². The van der Waals surface area contributed by atoms with Crippen LogP contribution < -0.4 is 11.3 Å². The lowest BCUT2D eigenvalue weighted by Gasteiger charge is -2.04. The number of hydrogen-bond donors (Lipinski definition) is 2. The zero-order chi connectivity index (χ0) is 10.1. The lowest BCUT2D eigenvalue weighted by Crippen LogP contribution is -2.09. The smallest absolute Gasteiger partial charge is 0.170 e. The summed E-state index contributed by atoms with van der Waals surface area (Å²) >= 11 is 5.75. The molecule has 0 spiro atoms. The number of anilines is 1. The van der Waals surface area contributed by atoms with Crippen LogP contribution in [-0.4, -0.2) is 10.2 Å². The number of benzene rings is 1. The van der Waals surface area contributed by atoms with Gasteiger partial charge in [0.2, 0.25) is 0 Å². The van der Waals surface area contributed by atoms with Gasteiger partial charge < -0.3 is 5.43 Å². The predicted molar refractivity (Wildman–Crippen MR) is 52.3 cm³/mol. The molecule has 14 heavy (non-hydrogen) atoms. The molecular formula is C8H6ClFN4. The van der Waals surface area contributed by atoms with Gasteiger partial charge in [-0.15, -0.1) is 10.2 Å². The van der Waals surface area contributed by atoms with Crippen LogP contribution in [0.15, 0.2) is 18.2 Å². The Morgan fingerprint density at radius 3 is 2.79 bits per heavy atom. The molecule has 4 nitrogen and oxygen atoms in total. The Labute approximate surface area is 83.8 Å². The van der Waals surface area contributed by atoms with Crippen molar-refractivity contribution < 1.29 is 4.39 Å². The Balaban J connectivity index is 2.84. The summed E-state index contributed by atoms with van der Waals surface area (Å²) in [5.41, 5.74) is 2.36. The van der Waals surface area contributed by atoms with Gasteiger partial charge in [0, 0.05) is 10.8 Å². The van der Waals surface area contributed by atoms with Gasteiger partial charge in [-0.05, 0) is 18.2 Å². The summed E-state index contributed by atoms with van der Waals surface area (Å²) in [5, 5.41) is 8.61. The molecule has 0 fully saturated rings. The third-order valence-corrected chi connectivity index (χ3v) is 2.11. The molecule has 0 unspecified atom stereocenters. The molecule has 72 valence electrons. The van der Waals surface area contributed by atoms with Crippen molar-refractivity contribution in [2.75, 3.05) is 5.43 Å². The van der Waals surface area contributed by atoms with Crippen molar-refractivity contribution in [1.29, 1.82) is 0 Å². The van der Waals surface area contributed by atoms with Crippen LogP contribution in [0, 0.1) is 5.82 Å². The molecule has 1 aromatic carbocycles. The van der Waals surface area contributed by atoms with Gasteiger partial charge in [0.05, 0.1) is 0 Å². The summed E-state index contributed by atoms with van der Waals surface area (Å²) in [7, 11) is 0. The van der Waals surface area contributed by atoms with Crippen LogP contribution in [0.3, 0.4) is 0 Å². The SMILES string of the molecule is NNc1nnc(Cl)c2cc(F)ccc12. The van der Waals surface area contributed by atoms with Gasteiger partial charge in [0.1, 0.15) is 5.82 Å². The van der Waals surface area contributed by atoms with Gasteiger partial charge in [-0.3, -0.25) is 0 Å². The number of hydrazine groups is 1. The number of hydrogen-bond acceptors (Lipinski definition) is 4. The normalized spacial score (nSPS) is 10.5. The van der Waals surface area contributed by atoms with E-state index < -0.39 is 0 Å². The van der Waals surface area contributed by atoms with Crippen molar-refractivity contribution in [3.8, 4) is 0 Å². The Morgan fingerprint density at radius 1 is 1.29 bits per heavy atom. The van der Waals surface area contributed by atoms with E-state index >= 15 is 0 Å². The molecule has 1 aromatic heterocycles. The summed E-state index contributed by atoms with van der Waals surface area (Å²) in [6.07, 6.45) is 0. The Bertz CT molecular complexity index is 488. The second-order valence-electron chi connectivity index (χ2n) is 2.67. The first kappa shape index (κ1) is 9.11. The van der Waals surface area contributed by atoms with E-state index in [4.69, 9.17) is 17.4 Å². The van der Waals surface area contributed by atoms with Crippen molar-refractivity contribution in [2.24, 2.45) is 5.84 Å². The number of nitrogen functional groups attached to an aromatic ring is 1. The maximum atomic E-state index is 12.9. The van der Waals surface area contributed by atoms with E-state index in [0.29, 0.717) is 16.6 Å². The summed E-state index contributed by atoms with van der Waals surface area (Å²) in [6.45, 7) is 0. The van der Waals surface area contributed by atoms with Gasteiger partial charge in [0.25, 0.3) is 0 Å². The molecule has 2 rings (SSSR count). The first-order valence-corrected chi connectivity index (χ1v) is 4.18. The van der Waals surface area contributed by atoms with Crippen molar-refractivity contribution in [1.82, 2.24) is 10.2 Å². The molecular weight excluding hydrogens is 207 g/mol. The van der Waals surface area contributed by atoms with Crippen molar-refractivity contribution >= 4 is 28.2 Å². The average Bonchev–Trinajstić information content (AvgIpc) is 2.19. The molecule has 0 atom stereocenters. The van der Waals surface area contributed by atoms with E-state index in [1.165, 1.54) is 12.1 Å².